The smallest absolute Gasteiger partial charge is 0.328 e. The molecule has 0 fully saturated rings. The van der Waals surface area contributed by atoms with Crippen LogP contribution < -0.4 is 11.4 Å². The summed E-state index contributed by atoms with van der Waals surface area (Å²) in [6, 6.07) is 0. The Hall–Kier alpha value is -0.910. The van der Waals surface area contributed by atoms with Crippen molar-refractivity contribution in [3.63, 3.8) is 0 Å². The summed E-state index contributed by atoms with van der Waals surface area (Å²) in [5.74, 6) is 4.32. The van der Waals surface area contributed by atoms with Gasteiger partial charge in [-0.1, -0.05) is 11.2 Å². The highest BCUT2D eigenvalue weighted by Gasteiger charge is 2.00. The second-order valence-corrected chi connectivity index (χ2v) is 2.66. The largest absolute Gasteiger partial charge is 0.381 e. The van der Waals surface area contributed by atoms with Crippen molar-refractivity contribution in [2.75, 3.05) is 13.2 Å². The molecular weight excluding hydrogens is 172 g/mol. The van der Waals surface area contributed by atoms with E-state index in [0.29, 0.717) is 13.2 Å². The molecule has 0 saturated heterocycles. The Morgan fingerprint density at radius 2 is 2.08 bits per heavy atom. The average Bonchev–Trinajstić information content (AvgIpc) is 2.03. The van der Waals surface area contributed by atoms with Crippen LogP contribution in [0.15, 0.2) is 12.2 Å². The van der Waals surface area contributed by atoms with E-state index in [1.165, 1.54) is 0 Å². The monoisotopic (exact) mass is 188 g/mol. The van der Waals surface area contributed by atoms with E-state index >= 15 is 0 Å². The van der Waals surface area contributed by atoms with E-state index in [1.54, 1.807) is 0 Å². The predicted molar refractivity (Wildman–Crippen MR) is 48.3 cm³/mol. The Labute approximate surface area is 77.8 Å². The number of hydrazine groups is 1. The van der Waals surface area contributed by atoms with Gasteiger partial charge in [-0.2, -0.15) is 0 Å². The Kier molecular flexibility index (Phi) is 7.18. The van der Waals surface area contributed by atoms with Gasteiger partial charge in [0, 0.05) is 0 Å². The summed E-state index contributed by atoms with van der Waals surface area (Å²) in [4.78, 5) is 14.9. The highest BCUT2D eigenvalue weighted by atomic mass is 16.7. The topological polar surface area (TPSA) is 73.6 Å². The van der Waals surface area contributed by atoms with Crippen LogP contribution in [0.3, 0.4) is 0 Å². The predicted octanol–water partition coefficient (Wildman–Crippen LogP) is 0.281. The summed E-state index contributed by atoms with van der Waals surface area (Å²) >= 11 is 0. The fourth-order valence-electron chi connectivity index (χ4n) is 0.621. The fourth-order valence-corrected chi connectivity index (χ4v) is 0.621. The van der Waals surface area contributed by atoms with Gasteiger partial charge in [-0.15, -0.1) is 6.58 Å². The van der Waals surface area contributed by atoms with Gasteiger partial charge in [0.2, 0.25) is 0 Å². The van der Waals surface area contributed by atoms with Gasteiger partial charge in [0.25, 0.3) is 0 Å². The van der Waals surface area contributed by atoms with Gasteiger partial charge in [0.15, 0.2) is 0 Å². The van der Waals surface area contributed by atoms with E-state index in [4.69, 9.17) is 10.6 Å². The molecular formula is C8H16N2O3. The van der Waals surface area contributed by atoms with Crippen molar-refractivity contribution in [3.8, 4) is 0 Å². The molecule has 0 saturated carbocycles. The minimum atomic E-state index is -0.433. The second kappa shape index (κ2) is 7.72. The summed E-state index contributed by atoms with van der Waals surface area (Å²) in [6.45, 7) is 6.57. The zero-order chi connectivity index (χ0) is 10.1. The van der Waals surface area contributed by atoms with Crippen LogP contribution in [-0.4, -0.2) is 19.2 Å². The molecule has 0 bridgehead atoms. The lowest BCUT2D eigenvalue weighted by Gasteiger charge is -2.03. The van der Waals surface area contributed by atoms with Crippen LogP contribution >= 0.6 is 0 Å². The van der Waals surface area contributed by atoms with E-state index in [-0.39, 0.29) is 6.42 Å². The van der Waals surface area contributed by atoms with Crippen molar-refractivity contribution < 1.29 is 14.4 Å². The fraction of sp³-hybridized carbons (Fsp3) is 0.625. The van der Waals surface area contributed by atoms with Crippen LogP contribution in [0.1, 0.15) is 19.8 Å². The lowest BCUT2D eigenvalue weighted by atomic mass is 10.3. The Balaban J connectivity index is 3.16. The number of carbonyl (C=O) groups excluding carboxylic acids is 1. The summed E-state index contributed by atoms with van der Waals surface area (Å²) in [5, 5.41) is 0. The standard InChI is InChI=1S/C8H16N2O3/c1-7(2)3-5-12-6-4-8(11)13-10-9/h10H,1,3-6,9H2,2H3. The van der Waals surface area contributed by atoms with Crippen molar-refractivity contribution in [1.29, 1.82) is 0 Å². The van der Waals surface area contributed by atoms with Crippen LogP contribution in [0.25, 0.3) is 0 Å². The van der Waals surface area contributed by atoms with Gasteiger partial charge in [-0.05, 0) is 13.3 Å². The third-order valence-corrected chi connectivity index (χ3v) is 1.30. The van der Waals surface area contributed by atoms with E-state index < -0.39 is 5.97 Å². The molecule has 0 aromatic heterocycles. The second-order valence-electron chi connectivity index (χ2n) is 2.66. The molecule has 0 aliphatic carbocycles. The lowest BCUT2D eigenvalue weighted by Crippen LogP contribution is -2.26. The molecule has 0 radical (unpaired) electrons. The quantitative estimate of drug-likeness (QED) is 0.260. The molecule has 3 N–H and O–H groups in total. The van der Waals surface area contributed by atoms with Crippen molar-refractivity contribution >= 4 is 5.97 Å². The van der Waals surface area contributed by atoms with Crippen LogP contribution in [0.2, 0.25) is 0 Å². The first kappa shape index (κ1) is 12.1. The van der Waals surface area contributed by atoms with Gasteiger partial charge < -0.3 is 9.57 Å². The molecule has 0 amide bonds. The summed E-state index contributed by atoms with van der Waals surface area (Å²) in [6.07, 6.45) is 1.00. The summed E-state index contributed by atoms with van der Waals surface area (Å²) in [5.41, 5.74) is 2.87. The van der Waals surface area contributed by atoms with Crippen molar-refractivity contribution in [2.24, 2.45) is 5.84 Å². The van der Waals surface area contributed by atoms with E-state index in [0.717, 1.165) is 12.0 Å². The van der Waals surface area contributed by atoms with Crippen LogP contribution in [0.4, 0.5) is 0 Å². The van der Waals surface area contributed by atoms with E-state index in [9.17, 15) is 4.79 Å². The van der Waals surface area contributed by atoms with Crippen LogP contribution in [-0.2, 0) is 14.4 Å². The third kappa shape index (κ3) is 9.00. The number of ether oxygens (including phenoxy) is 1. The first-order chi connectivity index (χ1) is 6.16. The number of nitrogens with two attached hydrogens (primary N) is 1. The molecule has 0 aromatic rings. The summed E-state index contributed by atoms with van der Waals surface area (Å²) in [7, 11) is 0. The van der Waals surface area contributed by atoms with Gasteiger partial charge in [-0.25, -0.2) is 5.84 Å². The lowest BCUT2D eigenvalue weighted by molar-refractivity contribution is -0.152. The minimum Gasteiger partial charge on any atom is -0.381 e. The van der Waals surface area contributed by atoms with E-state index in [2.05, 4.69) is 11.4 Å². The SMILES string of the molecule is C=C(C)CCOCCC(=O)ONN. The normalized spacial score (nSPS) is 9.69. The van der Waals surface area contributed by atoms with Gasteiger partial charge in [0.05, 0.1) is 19.6 Å². The molecule has 5 nitrogen and oxygen atoms in total. The van der Waals surface area contributed by atoms with Gasteiger partial charge in [-0.3, -0.25) is 4.79 Å². The molecule has 13 heavy (non-hydrogen) atoms. The first-order valence-electron chi connectivity index (χ1n) is 4.04. The minimum absolute atomic E-state index is 0.195. The summed E-state index contributed by atoms with van der Waals surface area (Å²) < 4.78 is 5.13. The maximum Gasteiger partial charge on any atom is 0.328 e. The highest BCUT2D eigenvalue weighted by Crippen LogP contribution is 1.95. The van der Waals surface area contributed by atoms with Crippen LogP contribution in [0, 0.1) is 0 Å². The molecule has 5 heteroatoms. The first-order valence-corrected chi connectivity index (χ1v) is 4.04. The molecule has 0 aromatic carbocycles. The highest BCUT2D eigenvalue weighted by molar-refractivity contribution is 5.69. The molecule has 0 rings (SSSR count). The zero-order valence-electron chi connectivity index (χ0n) is 7.84. The maximum absolute atomic E-state index is 10.7. The Morgan fingerprint density at radius 1 is 1.46 bits per heavy atom. The number of carbonyl (C=O) groups is 1. The van der Waals surface area contributed by atoms with Gasteiger partial charge >= 0.3 is 5.97 Å². The molecule has 76 valence electrons. The van der Waals surface area contributed by atoms with E-state index in [1.807, 2.05) is 12.5 Å². The number of hydrogen-bond acceptors (Lipinski definition) is 5. The Morgan fingerprint density at radius 3 is 2.62 bits per heavy atom. The van der Waals surface area contributed by atoms with Crippen molar-refractivity contribution in [2.45, 2.75) is 19.8 Å². The van der Waals surface area contributed by atoms with Crippen molar-refractivity contribution in [1.82, 2.24) is 5.59 Å². The number of nitrogens with one attached hydrogen (secondary N) is 1. The molecule has 0 atom stereocenters. The zero-order valence-corrected chi connectivity index (χ0v) is 7.84. The number of hydrogen-bond donors (Lipinski definition) is 2. The van der Waals surface area contributed by atoms with Crippen LogP contribution in [0.5, 0.6) is 0 Å². The average molecular weight is 188 g/mol. The Bertz CT molecular complexity index is 171. The number of rotatable bonds is 7. The molecule has 0 spiro atoms. The third-order valence-electron chi connectivity index (χ3n) is 1.30. The molecule has 0 heterocycles. The van der Waals surface area contributed by atoms with Crippen molar-refractivity contribution in [3.05, 3.63) is 12.2 Å². The molecule has 0 aliphatic rings. The maximum atomic E-state index is 10.7. The van der Waals surface area contributed by atoms with Gasteiger partial charge in [0.1, 0.15) is 0 Å². The molecule has 0 unspecified atom stereocenters. The molecule has 0 aliphatic heterocycles.